The van der Waals surface area contributed by atoms with E-state index < -0.39 is 0 Å². The Morgan fingerprint density at radius 2 is 2.23 bits per heavy atom. The molecule has 0 saturated heterocycles. The number of thioether (sulfide) groups is 1. The maximum atomic E-state index is 12.3. The molecule has 30 heavy (non-hydrogen) atoms. The highest BCUT2D eigenvalue weighted by Gasteiger charge is 2.20. The topological polar surface area (TPSA) is 94.8 Å². The van der Waals surface area contributed by atoms with Crippen molar-refractivity contribution < 1.29 is 9.53 Å². The number of hydrogen-bond donors (Lipinski definition) is 1. The average Bonchev–Trinajstić information content (AvgIpc) is 3.33. The molecule has 0 bridgehead atoms. The van der Waals surface area contributed by atoms with Crippen LogP contribution in [-0.2, 0) is 17.8 Å². The highest BCUT2D eigenvalue weighted by Crippen LogP contribution is 2.26. The summed E-state index contributed by atoms with van der Waals surface area (Å²) in [6, 6.07) is 7.17. The third-order valence-electron chi connectivity index (χ3n) is 3.88. The van der Waals surface area contributed by atoms with Crippen LogP contribution in [0.15, 0.2) is 42.1 Å². The number of nitrogens with zero attached hydrogens (tertiary/aromatic N) is 5. The fourth-order valence-corrected chi connectivity index (χ4v) is 4.17. The van der Waals surface area contributed by atoms with E-state index in [-0.39, 0.29) is 17.8 Å². The minimum absolute atomic E-state index is 0.167. The molecule has 0 fully saturated rings. The van der Waals surface area contributed by atoms with Crippen molar-refractivity contribution in [2.24, 2.45) is 0 Å². The van der Waals surface area contributed by atoms with Crippen molar-refractivity contribution in [3.05, 3.63) is 52.8 Å². The van der Waals surface area contributed by atoms with Gasteiger partial charge in [-0.15, -0.1) is 27.0 Å². The molecular weight excluding hydrogens is 444 g/mol. The Morgan fingerprint density at radius 3 is 2.93 bits per heavy atom. The lowest BCUT2D eigenvalue weighted by Gasteiger charge is -2.15. The lowest BCUT2D eigenvalue weighted by molar-refractivity contribution is -0.113. The fourth-order valence-electron chi connectivity index (χ4n) is 2.54. The summed E-state index contributed by atoms with van der Waals surface area (Å²) >= 11 is 8.67. The zero-order valence-corrected chi connectivity index (χ0v) is 18.9. The number of carbonyl (C=O) groups is 1. The Bertz CT molecular complexity index is 1020. The zero-order valence-electron chi connectivity index (χ0n) is 16.5. The maximum absolute atomic E-state index is 12.3. The van der Waals surface area contributed by atoms with Crippen molar-refractivity contribution in [1.29, 1.82) is 0 Å². The van der Waals surface area contributed by atoms with Gasteiger partial charge in [-0.3, -0.25) is 14.7 Å². The van der Waals surface area contributed by atoms with Gasteiger partial charge < -0.3 is 4.74 Å². The van der Waals surface area contributed by atoms with E-state index in [4.69, 9.17) is 16.3 Å². The molecule has 2 aromatic heterocycles. The Morgan fingerprint density at radius 1 is 1.40 bits per heavy atom. The van der Waals surface area contributed by atoms with Gasteiger partial charge in [0.15, 0.2) is 17.1 Å². The highest BCUT2D eigenvalue weighted by atomic mass is 35.5. The van der Waals surface area contributed by atoms with Crippen LogP contribution in [0.3, 0.4) is 0 Å². The van der Waals surface area contributed by atoms with E-state index in [0.717, 1.165) is 11.4 Å². The summed E-state index contributed by atoms with van der Waals surface area (Å²) in [7, 11) is 0. The summed E-state index contributed by atoms with van der Waals surface area (Å²) in [5.74, 6) is 1.26. The lowest BCUT2D eigenvalue weighted by Crippen LogP contribution is -2.15. The number of carbonyl (C=O) groups excluding carboxylic acids is 1. The predicted octanol–water partition coefficient (Wildman–Crippen LogP) is 4.40. The van der Waals surface area contributed by atoms with Gasteiger partial charge in [0.2, 0.25) is 11.0 Å². The maximum Gasteiger partial charge on any atom is 0.236 e. The molecule has 0 radical (unpaired) electrons. The van der Waals surface area contributed by atoms with Crippen LogP contribution in [0.2, 0.25) is 5.02 Å². The molecule has 0 aliphatic rings. The molecule has 3 rings (SSSR count). The number of benzene rings is 1. The predicted molar refractivity (Wildman–Crippen MR) is 119 cm³/mol. The van der Waals surface area contributed by atoms with Gasteiger partial charge in [0.05, 0.1) is 5.75 Å². The van der Waals surface area contributed by atoms with Crippen molar-refractivity contribution in [1.82, 2.24) is 25.0 Å². The number of halogens is 1. The number of ether oxygens (including phenoxy) is 1. The van der Waals surface area contributed by atoms with Gasteiger partial charge in [-0.2, -0.15) is 0 Å². The normalized spacial score (nSPS) is 11.8. The Hall–Kier alpha value is -2.43. The first-order chi connectivity index (χ1) is 14.5. The molecule has 8 nitrogen and oxygen atoms in total. The lowest BCUT2D eigenvalue weighted by atomic mass is 10.3. The number of aromatic nitrogens is 5. The monoisotopic (exact) mass is 464 g/mol. The smallest absolute Gasteiger partial charge is 0.236 e. The van der Waals surface area contributed by atoms with Gasteiger partial charge in [0.25, 0.3) is 0 Å². The molecule has 0 saturated carbocycles. The molecule has 1 unspecified atom stereocenters. The summed E-state index contributed by atoms with van der Waals surface area (Å²) in [6.45, 7) is 8.16. The van der Waals surface area contributed by atoms with Gasteiger partial charge in [-0.05, 0) is 31.5 Å². The first-order valence-corrected chi connectivity index (χ1v) is 11.4. The molecule has 0 spiro atoms. The summed E-state index contributed by atoms with van der Waals surface area (Å²) in [6.07, 6.45) is 2.16. The zero-order chi connectivity index (χ0) is 21.5. The van der Waals surface area contributed by atoms with E-state index in [0.29, 0.717) is 33.4 Å². The minimum Gasteiger partial charge on any atom is -0.483 e. The van der Waals surface area contributed by atoms with E-state index in [1.54, 1.807) is 18.2 Å². The Kier molecular flexibility index (Phi) is 7.83. The molecule has 2 heterocycles. The van der Waals surface area contributed by atoms with Crippen LogP contribution in [0.4, 0.5) is 5.13 Å². The second-order valence-corrected chi connectivity index (χ2v) is 8.59. The summed E-state index contributed by atoms with van der Waals surface area (Å²) in [4.78, 5) is 12.3. The van der Waals surface area contributed by atoms with E-state index in [1.807, 2.05) is 30.5 Å². The number of rotatable bonds is 10. The van der Waals surface area contributed by atoms with Gasteiger partial charge in [-0.1, -0.05) is 53.8 Å². The molecule has 0 aliphatic heterocycles. The molecule has 1 amide bonds. The number of hydrogen-bond acceptors (Lipinski definition) is 8. The minimum atomic E-state index is -0.368. The second kappa shape index (κ2) is 10.6. The van der Waals surface area contributed by atoms with Gasteiger partial charge >= 0.3 is 0 Å². The SMILES string of the molecule is C=CCn1c(SCC(=O)Nc2nnc(CC)s2)nnc1C(C)Oc1cccc(Cl)c1. The number of anilines is 1. The number of allylic oxidation sites excluding steroid dienone is 1. The second-order valence-electron chi connectivity index (χ2n) is 6.15. The molecule has 11 heteroatoms. The van der Waals surface area contributed by atoms with Gasteiger partial charge in [0.1, 0.15) is 10.8 Å². The van der Waals surface area contributed by atoms with Crippen LogP contribution in [0.5, 0.6) is 5.75 Å². The third kappa shape index (κ3) is 5.80. The van der Waals surface area contributed by atoms with Crippen LogP contribution in [0, 0.1) is 0 Å². The van der Waals surface area contributed by atoms with Crippen molar-refractivity contribution >= 4 is 45.7 Å². The molecule has 1 atom stereocenters. The molecule has 158 valence electrons. The van der Waals surface area contributed by atoms with E-state index in [9.17, 15) is 4.79 Å². The molecule has 1 aromatic carbocycles. The Balaban J connectivity index is 1.65. The summed E-state index contributed by atoms with van der Waals surface area (Å²) in [5.41, 5.74) is 0. The van der Waals surface area contributed by atoms with Crippen LogP contribution in [0.1, 0.15) is 30.8 Å². The summed E-state index contributed by atoms with van der Waals surface area (Å²) < 4.78 is 7.83. The van der Waals surface area contributed by atoms with Crippen molar-refractivity contribution in [3.63, 3.8) is 0 Å². The van der Waals surface area contributed by atoms with E-state index in [1.165, 1.54) is 23.1 Å². The third-order valence-corrected chi connectivity index (χ3v) is 6.06. The number of nitrogens with one attached hydrogen (secondary N) is 1. The largest absolute Gasteiger partial charge is 0.483 e. The quantitative estimate of drug-likeness (QED) is 0.351. The summed E-state index contributed by atoms with van der Waals surface area (Å²) in [5, 5.41) is 21.8. The number of amides is 1. The first-order valence-electron chi connectivity index (χ1n) is 9.21. The standard InChI is InChI=1S/C19H21ClN6O2S2/c1-4-9-26-17(12(3)28-14-8-6-7-13(20)10-14)23-25-19(26)29-11-15(27)21-18-24-22-16(5-2)30-18/h4,6-8,10,12H,1,5,9,11H2,2-3H3,(H,21,24,27). The Labute approximate surface area is 187 Å². The molecular formula is C19H21ClN6O2S2. The highest BCUT2D eigenvalue weighted by molar-refractivity contribution is 7.99. The fraction of sp³-hybridized carbons (Fsp3) is 0.316. The van der Waals surface area contributed by atoms with Crippen molar-refractivity contribution in [2.45, 2.75) is 38.1 Å². The van der Waals surface area contributed by atoms with Crippen LogP contribution in [0.25, 0.3) is 0 Å². The number of aryl methyl sites for hydroxylation is 1. The van der Waals surface area contributed by atoms with E-state index in [2.05, 4.69) is 32.3 Å². The molecule has 3 aromatic rings. The van der Waals surface area contributed by atoms with Crippen molar-refractivity contribution in [2.75, 3.05) is 11.1 Å². The molecule has 0 aliphatic carbocycles. The first kappa shape index (κ1) is 22.3. The average molecular weight is 465 g/mol. The molecule has 1 N–H and O–H groups in total. The van der Waals surface area contributed by atoms with Crippen molar-refractivity contribution in [3.8, 4) is 5.75 Å². The van der Waals surface area contributed by atoms with Gasteiger partial charge in [-0.25, -0.2) is 0 Å². The van der Waals surface area contributed by atoms with E-state index >= 15 is 0 Å². The van der Waals surface area contributed by atoms with Crippen LogP contribution >= 0.6 is 34.7 Å². The van der Waals surface area contributed by atoms with Gasteiger partial charge in [0, 0.05) is 11.6 Å². The van der Waals surface area contributed by atoms with Crippen LogP contribution < -0.4 is 10.1 Å². The van der Waals surface area contributed by atoms with Crippen LogP contribution in [-0.4, -0.2) is 36.6 Å².